The van der Waals surface area contributed by atoms with Crippen molar-refractivity contribution in [3.63, 3.8) is 0 Å². The van der Waals surface area contributed by atoms with Crippen molar-refractivity contribution in [2.45, 2.75) is 44.7 Å². The minimum absolute atomic E-state index is 0.0378. The summed E-state index contributed by atoms with van der Waals surface area (Å²) in [6.45, 7) is 5.12. The first-order valence-corrected chi connectivity index (χ1v) is 11.4. The molecular weight excluding hydrogens is 393 g/mol. The largest absolute Gasteiger partial charge is 0.489 e. The van der Waals surface area contributed by atoms with E-state index in [2.05, 4.69) is 27.2 Å². The van der Waals surface area contributed by atoms with Crippen LogP contribution in [0.5, 0.6) is 5.75 Å². The highest BCUT2D eigenvalue weighted by Crippen LogP contribution is 2.36. The van der Waals surface area contributed by atoms with Crippen LogP contribution in [0, 0.1) is 5.82 Å². The van der Waals surface area contributed by atoms with E-state index in [0.29, 0.717) is 31.9 Å². The molecule has 1 amide bonds. The molecule has 166 valence electrons. The fourth-order valence-corrected chi connectivity index (χ4v) is 4.48. The molecule has 2 aromatic rings. The molecule has 2 aliphatic heterocycles. The number of hydrogen-bond acceptors (Lipinski definition) is 4. The summed E-state index contributed by atoms with van der Waals surface area (Å²) in [6, 6.07) is 14.6. The summed E-state index contributed by atoms with van der Waals surface area (Å²) in [6.07, 6.45) is 5.25. The molecular formula is C25H32FN3O2. The molecule has 6 heteroatoms. The summed E-state index contributed by atoms with van der Waals surface area (Å²) in [5.74, 6) is 0.258. The molecule has 5 nitrogen and oxygen atoms in total. The number of nitrogens with one attached hydrogen (secondary N) is 1. The highest BCUT2D eigenvalue weighted by atomic mass is 19.1. The molecule has 0 saturated carbocycles. The zero-order valence-electron chi connectivity index (χ0n) is 18.1. The van der Waals surface area contributed by atoms with E-state index in [9.17, 15) is 9.18 Å². The summed E-state index contributed by atoms with van der Waals surface area (Å²) < 4.78 is 19.5. The molecule has 1 N–H and O–H groups in total. The maximum absolute atomic E-state index is 13.7. The summed E-state index contributed by atoms with van der Waals surface area (Å²) in [5.41, 5.74) is 1.98. The molecule has 4 rings (SSSR count). The van der Waals surface area contributed by atoms with E-state index < -0.39 is 0 Å². The molecule has 2 aliphatic rings. The Kier molecular flexibility index (Phi) is 7.41. The first-order chi connectivity index (χ1) is 15.2. The number of hydrogen-bond donors (Lipinski definition) is 1. The number of piperidine rings is 1. The van der Waals surface area contributed by atoms with Crippen molar-refractivity contribution in [3.05, 3.63) is 59.9 Å². The number of rotatable bonds is 8. The fraction of sp³-hybridized carbons (Fsp3) is 0.480. The second kappa shape index (κ2) is 10.6. The number of benzene rings is 2. The quantitative estimate of drug-likeness (QED) is 0.650. The van der Waals surface area contributed by atoms with E-state index in [4.69, 9.17) is 4.74 Å². The lowest BCUT2D eigenvalue weighted by molar-refractivity contribution is -0.121. The Bertz CT molecular complexity index is 855. The van der Waals surface area contributed by atoms with Gasteiger partial charge in [-0.1, -0.05) is 36.8 Å². The van der Waals surface area contributed by atoms with Gasteiger partial charge in [0.15, 0.2) is 0 Å². The lowest BCUT2D eigenvalue weighted by atomic mass is 10.1. The van der Waals surface area contributed by atoms with Gasteiger partial charge in [0.25, 0.3) is 0 Å². The van der Waals surface area contributed by atoms with Gasteiger partial charge >= 0.3 is 0 Å². The van der Waals surface area contributed by atoms with Crippen LogP contribution in [0.15, 0.2) is 48.5 Å². The Hall–Kier alpha value is -2.60. The topological polar surface area (TPSA) is 44.8 Å². The van der Waals surface area contributed by atoms with Crippen LogP contribution in [0.2, 0.25) is 0 Å². The molecule has 1 fully saturated rings. The van der Waals surface area contributed by atoms with Crippen LogP contribution in [-0.2, 0) is 11.3 Å². The van der Waals surface area contributed by atoms with Crippen molar-refractivity contribution in [1.29, 1.82) is 0 Å². The van der Waals surface area contributed by atoms with Crippen molar-refractivity contribution < 1.29 is 13.9 Å². The summed E-state index contributed by atoms with van der Waals surface area (Å²) in [7, 11) is 0. The number of carbonyl (C=O) groups excluding carboxylic acids is 1. The fourth-order valence-electron chi connectivity index (χ4n) is 4.48. The van der Waals surface area contributed by atoms with E-state index in [0.717, 1.165) is 24.2 Å². The number of ether oxygens (including phenoxy) is 1. The molecule has 0 unspecified atom stereocenters. The Morgan fingerprint density at radius 3 is 2.71 bits per heavy atom. The molecule has 0 aromatic heterocycles. The van der Waals surface area contributed by atoms with Crippen molar-refractivity contribution in [2.75, 3.05) is 37.7 Å². The number of fused-ring (bicyclic) bond motifs is 1. The Morgan fingerprint density at radius 1 is 1.10 bits per heavy atom. The number of anilines is 1. The molecule has 0 aliphatic carbocycles. The third kappa shape index (κ3) is 5.97. The van der Waals surface area contributed by atoms with Crippen LogP contribution in [0.4, 0.5) is 10.1 Å². The van der Waals surface area contributed by atoms with Gasteiger partial charge in [-0.3, -0.25) is 4.79 Å². The van der Waals surface area contributed by atoms with Gasteiger partial charge in [-0.05, 0) is 56.6 Å². The standard InChI is InChI=1S/C25H32FN3O2/c26-21-10-11-23-24(16-21)31-19-22(29(23)18-20-8-3-1-4-9-20)17-25(30)27-12-7-15-28-13-5-2-6-14-28/h1,3-4,8-11,16,22H,2,5-7,12-15,17-19H2,(H,27,30)/t22-/m0/s1. The van der Waals surface area contributed by atoms with Gasteiger partial charge in [-0.25, -0.2) is 4.39 Å². The average Bonchev–Trinajstić information content (AvgIpc) is 2.79. The molecule has 1 atom stereocenters. The second-order valence-electron chi connectivity index (χ2n) is 8.50. The maximum atomic E-state index is 13.7. The van der Waals surface area contributed by atoms with Crippen molar-refractivity contribution in [1.82, 2.24) is 10.2 Å². The Labute approximate surface area is 184 Å². The predicted molar refractivity (Wildman–Crippen MR) is 121 cm³/mol. The molecule has 0 radical (unpaired) electrons. The number of likely N-dealkylation sites (tertiary alicyclic amines) is 1. The molecule has 31 heavy (non-hydrogen) atoms. The molecule has 2 heterocycles. The van der Waals surface area contributed by atoms with Gasteiger partial charge in [0, 0.05) is 19.2 Å². The van der Waals surface area contributed by atoms with E-state index in [1.807, 2.05) is 18.2 Å². The Balaban J connectivity index is 1.35. The van der Waals surface area contributed by atoms with Crippen LogP contribution >= 0.6 is 0 Å². The number of amides is 1. The van der Waals surface area contributed by atoms with Gasteiger partial charge in [0.05, 0.1) is 18.2 Å². The second-order valence-corrected chi connectivity index (χ2v) is 8.50. The normalized spacial score (nSPS) is 18.9. The number of halogens is 1. The lowest BCUT2D eigenvalue weighted by Crippen LogP contribution is -2.45. The van der Waals surface area contributed by atoms with Gasteiger partial charge in [-0.15, -0.1) is 0 Å². The molecule has 0 bridgehead atoms. The first kappa shape index (κ1) is 21.6. The van der Waals surface area contributed by atoms with Crippen LogP contribution in [0.1, 0.15) is 37.7 Å². The van der Waals surface area contributed by atoms with E-state index in [1.54, 1.807) is 6.07 Å². The zero-order chi connectivity index (χ0) is 21.5. The van der Waals surface area contributed by atoms with Crippen LogP contribution < -0.4 is 15.0 Å². The summed E-state index contributed by atoms with van der Waals surface area (Å²) >= 11 is 0. The van der Waals surface area contributed by atoms with Crippen molar-refractivity contribution >= 4 is 11.6 Å². The minimum atomic E-state index is -0.316. The third-order valence-corrected chi connectivity index (χ3v) is 6.14. The van der Waals surface area contributed by atoms with Crippen LogP contribution in [0.3, 0.4) is 0 Å². The van der Waals surface area contributed by atoms with E-state index >= 15 is 0 Å². The highest BCUT2D eigenvalue weighted by molar-refractivity contribution is 5.77. The van der Waals surface area contributed by atoms with E-state index in [1.165, 1.54) is 44.5 Å². The van der Waals surface area contributed by atoms with E-state index in [-0.39, 0.29) is 17.8 Å². The average molecular weight is 426 g/mol. The van der Waals surface area contributed by atoms with Crippen molar-refractivity contribution in [2.24, 2.45) is 0 Å². The number of nitrogens with zero attached hydrogens (tertiary/aromatic N) is 2. The molecule has 1 saturated heterocycles. The summed E-state index contributed by atoms with van der Waals surface area (Å²) in [5, 5.41) is 3.08. The van der Waals surface area contributed by atoms with Gasteiger partial charge in [0.1, 0.15) is 18.2 Å². The SMILES string of the molecule is O=C(C[C@H]1COc2cc(F)ccc2N1Cc1ccccc1)NCCCN1CCCCC1. The van der Waals surface area contributed by atoms with Gasteiger partial charge in [-0.2, -0.15) is 0 Å². The number of carbonyl (C=O) groups is 1. The third-order valence-electron chi connectivity index (χ3n) is 6.14. The van der Waals surface area contributed by atoms with Crippen molar-refractivity contribution in [3.8, 4) is 5.75 Å². The first-order valence-electron chi connectivity index (χ1n) is 11.4. The predicted octanol–water partition coefficient (Wildman–Crippen LogP) is 3.98. The highest BCUT2D eigenvalue weighted by Gasteiger charge is 2.29. The van der Waals surface area contributed by atoms with Gasteiger partial charge in [0.2, 0.25) is 5.91 Å². The molecule has 0 spiro atoms. The monoisotopic (exact) mass is 425 g/mol. The lowest BCUT2D eigenvalue weighted by Gasteiger charge is -2.38. The zero-order valence-corrected chi connectivity index (χ0v) is 18.1. The van der Waals surface area contributed by atoms with Crippen LogP contribution in [0.25, 0.3) is 0 Å². The Morgan fingerprint density at radius 2 is 1.90 bits per heavy atom. The minimum Gasteiger partial charge on any atom is -0.489 e. The van der Waals surface area contributed by atoms with Gasteiger partial charge < -0.3 is 19.9 Å². The smallest absolute Gasteiger partial charge is 0.222 e. The molecule has 2 aromatic carbocycles. The maximum Gasteiger partial charge on any atom is 0.222 e. The summed E-state index contributed by atoms with van der Waals surface area (Å²) in [4.78, 5) is 17.3. The van der Waals surface area contributed by atoms with Crippen LogP contribution in [-0.4, -0.2) is 49.6 Å².